The van der Waals surface area contributed by atoms with E-state index in [1.165, 1.54) is 0 Å². The van der Waals surface area contributed by atoms with Crippen molar-refractivity contribution in [2.24, 2.45) is 0 Å². The first-order valence-corrected chi connectivity index (χ1v) is 7.21. The molecule has 0 bridgehead atoms. The maximum atomic E-state index is 9.73. The quantitative estimate of drug-likeness (QED) is 0.754. The summed E-state index contributed by atoms with van der Waals surface area (Å²) in [7, 11) is 3.67. The van der Waals surface area contributed by atoms with Gasteiger partial charge in [-0.1, -0.05) is 0 Å². The van der Waals surface area contributed by atoms with Crippen LogP contribution < -0.4 is 10.1 Å². The minimum Gasteiger partial charge on any atom is -0.503 e. The third-order valence-electron chi connectivity index (χ3n) is 3.16. The van der Waals surface area contributed by atoms with Gasteiger partial charge in [-0.2, -0.15) is 0 Å². The van der Waals surface area contributed by atoms with Crippen LogP contribution in [0.25, 0.3) is 0 Å². The Bertz CT molecular complexity index is 411. The summed E-state index contributed by atoms with van der Waals surface area (Å²) in [5.41, 5.74) is 1.08. The summed E-state index contributed by atoms with van der Waals surface area (Å²) in [6, 6.07) is 4.31. The molecule has 0 radical (unpaired) electrons. The predicted octanol–water partition coefficient (Wildman–Crippen LogP) is 2.59. The van der Waals surface area contributed by atoms with Gasteiger partial charge in [0.25, 0.3) is 0 Å². The lowest BCUT2D eigenvalue weighted by Gasteiger charge is -2.21. The highest BCUT2D eigenvalue weighted by molar-refractivity contribution is 9.10. The Morgan fingerprint density at radius 3 is 2.68 bits per heavy atom. The van der Waals surface area contributed by atoms with Crippen molar-refractivity contribution in [1.29, 1.82) is 0 Å². The number of hydrogen-bond acceptors (Lipinski definition) is 4. The second-order valence-corrected chi connectivity index (χ2v) is 5.73. The van der Waals surface area contributed by atoms with E-state index in [9.17, 15) is 5.11 Å². The van der Waals surface area contributed by atoms with Crippen molar-refractivity contribution in [2.75, 3.05) is 27.2 Å². The largest absolute Gasteiger partial charge is 0.503 e. The summed E-state index contributed by atoms with van der Waals surface area (Å²) >= 11 is 3.32. The number of phenolic OH excluding ortho intramolecular Hbond substituents is 1. The predicted molar refractivity (Wildman–Crippen MR) is 81.8 cm³/mol. The van der Waals surface area contributed by atoms with Crippen molar-refractivity contribution in [1.82, 2.24) is 10.2 Å². The fourth-order valence-corrected chi connectivity index (χ4v) is 2.12. The third kappa shape index (κ3) is 5.01. The van der Waals surface area contributed by atoms with Gasteiger partial charge < -0.3 is 20.1 Å². The van der Waals surface area contributed by atoms with Gasteiger partial charge in [0.1, 0.15) is 0 Å². The average molecular weight is 331 g/mol. The summed E-state index contributed by atoms with van der Waals surface area (Å²) < 4.78 is 5.78. The van der Waals surface area contributed by atoms with Crippen LogP contribution in [0.3, 0.4) is 0 Å². The van der Waals surface area contributed by atoms with Crippen LogP contribution in [-0.2, 0) is 6.54 Å². The number of benzene rings is 1. The van der Waals surface area contributed by atoms with Gasteiger partial charge in [-0.15, -0.1) is 0 Å². The summed E-state index contributed by atoms with van der Waals surface area (Å²) in [4.78, 5) is 2.29. The average Bonchev–Trinajstić information content (AvgIpc) is 2.37. The lowest BCUT2D eigenvalue weighted by Crippen LogP contribution is -2.33. The molecule has 0 saturated carbocycles. The number of likely N-dealkylation sites (N-methyl/N-ethyl adjacent to an activating group) is 1. The van der Waals surface area contributed by atoms with Crippen molar-refractivity contribution in [2.45, 2.75) is 26.4 Å². The molecule has 1 rings (SSSR count). The summed E-state index contributed by atoms with van der Waals surface area (Å²) in [6.45, 7) is 7.05. The van der Waals surface area contributed by atoms with Crippen molar-refractivity contribution < 1.29 is 9.84 Å². The van der Waals surface area contributed by atoms with Crippen molar-refractivity contribution in [3.05, 3.63) is 22.2 Å². The molecule has 2 N–H and O–H groups in total. The molecule has 0 fully saturated rings. The Morgan fingerprint density at radius 1 is 1.42 bits per heavy atom. The van der Waals surface area contributed by atoms with Crippen LogP contribution in [0, 0.1) is 0 Å². The highest BCUT2D eigenvalue weighted by Gasteiger charge is 2.08. The first kappa shape index (κ1) is 16.3. The molecule has 1 aromatic carbocycles. The SMILES string of the molecule is COc1cc(CNCCN(C)C(C)C)cc(Br)c1O. The highest BCUT2D eigenvalue weighted by atomic mass is 79.9. The monoisotopic (exact) mass is 330 g/mol. The topological polar surface area (TPSA) is 44.7 Å². The normalized spacial score (nSPS) is 11.3. The van der Waals surface area contributed by atoms with E-state index in [0.717, 1.165) is 25.2 Å². The van der Waals surface area contributed by atoms with Gasteiger partial charge >= 0.3 is 0 Å². The Hall–Kier alpha value is -0.780. The number of hydrogen-bond donors (Lipinski definition) is 2. The van der Waals surface area contributed by atoms with E-state index in [2.05, 4.69) is 47.0 Å². The minimum absolute atomic E-state index is 0.144. The molecule has 0 amide bonds. The summed E-state index contributed by atoms with van der Waals surface area (Å²) in [5, 5.41) is 13.1. The van der Waals surface area contributed by atoms with Gasteiger partial charge in [0.15, 0.2) is 11.5 Å². The fraction of sp³-hybridized carbons (Fsp3) is 0.571. The molecule has 0 aromatic heterocycles. The molecule has 0 aliphatic carbocycles. The molecule has 0 aliphatic heterocycles. The van der Waals surface area contributed by atoms with Crippen molar-refractivity contribution in [3.8, 4) is 11.5 Å². The second kappa shape index (κ2) is 7.72. The number of halogens is 1. The Kier molecular flexibility index (Phi) is 6.62. The van der Waals surface area contributed by atoms with E-state index >= 15 is 0 Å². The van der Waals surface area contributed by atoms with E-state index in [-0.39, 0.29) is 5.75 Å². The lowest BCUT2D eigenvalue weighted by atomic mass is 10.2. The molecule has 5 heteroatoms. The molecule has 108 valence electrons. The molecular weight excluding hydrogens is 308 g/mol. The van der Waals surface area contributed by atoms with E-state index in [1.54, 1.807) is 7.11 Å². The van der Waals surface area contributed by atoms with Crippen LogP contribution in [0.2, 0.25) is 0 Å². The lowest BCUT2D eigenvalue weighted by molar-refractivity contribution is 0.273. The van der Waals surface area contributed by atoms with Crippen LogP contribution in [-0.4, -0.2) is 43.3 Å². The van der Waals surface area contributed by atoms with Gasteiger partial charge in [0.05, 0.1) is 11.6 Å². The summed E-state index contributed by atoms with van der Waals surface area (Å²) in [5.74, 6) is 0.635. The standard InChI is InChI=1S/C14H23BrN2O2/c1-10(2)17(3)6-5-16-9-11-7-12(15)14(18)13(8-11)19-4/h7-8,10,16,18H,5-6,9H2,1-4H3. The maximum absolute atomic E-state index is 9.73. The number of phenols is 1. The highest BCUT2D eigenvalue weighted by Crippen LogP contribution is 2.35. The number of nitrogens with zero attached hydrogens (tertiary/aromatic N) is 1. The van der Waals surface area contributed by atoms with Crippen LogP contribution in [0.1, 0.15) is 19.4 Å². The zero-order valence-corrected chi connectivity index (χ0v) is 13.6. The Labute approximate surface area is 123 Å². The van der Waals surface area contributed by atoms with Gasteiger partial charge in [-0.05, 0) is 54.5 Å². The van der Waals surface area contributed by atoms with Gasteiger partial charge in [-0.25, -0.2) is 0 Å². The first-order valence-electron chi connectivity index (χ1n) is 6.42. The molecule has 1 aromatic rings. The molecule has 4 nitrogen and oxygen atoms in total. The van der Waals surface area contributed by atoms with E-state index in [4.69, 9.17) is 4.74 Å². The molecule has 0 atom stereocenters. The number of aromatic hydroxyl groups is 1. The first-order chi connectivity index (χ1) is 8.95. The van der Waals surface area contributed by atoms with Crippen LogP contribution in [0.5, 0.6) is 11.5 Å². The Balaban J connectivity index is 2.48. The Morgan fingerprint density at radius 2 is 2.11 bits per heavy atom. The van der Waals surface area contributed by atoms with Crippen LogP contribution in [0.4, 0.5) is 0 Å². The zero-order chi connectivity index (χ0) is 14.4. The van der Waals surface area contributed by atoms with E-state index < -0.39 is 0 Å². The fourth-order valence-electron chi connectivity index (χ4n) is 1.63. The van der Waals surface area contributed by atoms with E-state index in [1.807, 2.05) is 12.1 Å². The number of nitrogens with one attached hydrogen (secondary N) is 1. The maximum Gasteiger partial charge on any atom is 0.172 e. The molecule has 0 heterocycles. The van der Waals surface area contributed by atoms with Gasteiger partial charge in [0, 0.05) is 25.7 Å². The van der Waals surface area contributed by atoms with Crippen LogP contribution in [0.15, 0.2) is 16.6 Å². The minimum atomic E-state index is 0.144. The number of ether oxygens (including phenoxy) is 1. The third-order valence-corrected chi connectivity index (χ3v) is 3.76. The number of methoxy groups -OCH3 is 1. The summed E-state index contributed by atoms with van der Waals surface area (Å²) in [6.07, 6.45) is 0. The smallest absolute Gasteiger partial charge is 0.172 e. The molecular formula is C14H23BrN2O2. The van der Waals surface area contributed by atoms with Gasteiger partial charge in [-0.3, -0.25) is 0 Å². The molecule has 0 spiro atoms. The number of rotatable bonds is 7. The molecule has 0 unspecified atom stereocenters. The second-order valence-electron chi connectivity index (χ2n) is 4.88. The zero-order valence-electron chi connectivity index (χ0n) is 12.0. The molecule has 0 saturated heterocycles. The van der Waals surface area contributed by atoms with Crippen LogP contribution >= 0.6 is 15.9 Å². The molecule has 19 heavy (non-hydrogen) atoms. The van der Waals surface area contributed by atoms with E-state index in [0.29, 0.717) is 16.3 Å². The van der Waals surface area contributed by atoms with Crippen molar-refractivity contribution in [3.63, 3.8) is 0 Å². The van der Waals surface area contributed by atoms with Gasteiger partial charge in [0.2, 0.25) is 0 Å². The molecule has 0 aliphatic rings. The van der Waals surface area contributed by atoms with Crippen molar-refractivity contribution >= 4 is 15.9 Å².